The second kappa shape index (κ2) is 20.5. The zero-order chi connectivity index (χ0) is 43.5. The number of nitrogens with zero attached hydrogens (tertiary/aromatic N) is 3. The van der Waals surface area contributed by atoms with Crippen molar-refractivity contribution in [2.24, 2.45) is 0 Å². The average molecular weight is 863 g/mol. The zero-order valence-electron chi connectivity index (χ0n) is 32.8. The molecular formula is C39H43F5N8O9. The van der Waals surface area contributed by atoms with Gasteiger partial charge in [-0.05, 0) is 31.5 Å². The fourth-order valence-electron chi connectivity index (χ4n) is 6.62. The molecule has 6 rings (SSSR count). The van der Waals surface area contributed by atoms with Crippen LogP contribution >= 0.6 is 0 Å². The summed E-state index contributed by atoms with van der Waals surface area (Å²) in [6.07, 6.45) is -2.20. The molecule has 5 N–H and O–H groups in total. The molecule has 22 heteroatoms. The summed E-state index contributed by atoms with van der Waals surface area (Å²) in [6.45, 7) is 5.02. The van der Waals surface area contributed by atoms with Crippen LogP contribution in [0.5, 0.6) is 0 Å². The van der Waals surface area contributed by atoms with E-state index in [1.807, 2.05) is 6.07 Å². The summed E-state index contributed by atoms with van der Waals surface area (Å²) >= 11 is 0. The number of aryl methyl sites for hydroxylation is 1. The maximum atomic E-state index is 14.1. The minimum absolute atomic E-state index is 0.0218. The smallest absolute Gasteiger partial charge is 0.416 e. The van der Waals surface area contributed by atoms with Crippen LogP contribution in [0.3, 0.4) is 0 Å². The highest BCUT2D eigenvalue weighted by molar-refractivity contribution is 6.06. The van der Waals surface area contributed by atoms with Crippen molar-refractivity contribution in [3.8, 4) is 0 Å². The highest BCUT2D eigenvalue weighted by Gasteiger charge is 2.46. The summed E-state index contributed by atoms with van der Waals surface area (Å²) in [5, 5.41) is 12.3. The van der Waals surface area contributed by atoms with Crippen LogP contribution < -0.4 is 26.6 Å². The largest absolute Gasteiger partial charge is 0.455 e. The highest BCUT2D eigenvalue weighted by Crippen LogP contribution is 2.39. The van der Waals surface area contributed by atoms with Crippen molar-refractivity contribution in [3.05, 3.63) is 76.8 Å². The van der Waals surface area contributed by atoms with Gasteiger partial charge < -0.3 is 49.5 Å². The summed E-state index contributed by atoms with van der Waals surface area (Å²) in [5.41, 5.74) is 1.34. The number of fused-ring (bicyclic) bond motifs is 2. The molecule has 0 bridgehead atoms. The van der Waals surface area contributed by atoms with Crippen LogP contribution in [0.15, 0.2) is 47.1 Å². The lowest BCUT2D eigenvalue weighted by molar-refractivity contribution is -0.158. The van der Waals surface area contributed by atoms with Gasteiger partial charge in [0.25, 0.3) is 5.91 Å². The van der Waals surface area contributed by atoms with Crippen LogP contribution in [0.1, 0.15) is 46.1 Å². The topological polar surface area (TPSA) is 208 Å². The van der Waals surface area contributed by atoms with E-state index in [0.717, 1.165) is 17.3 Å². The highest BCUT2D eigenvalue weighted by atomic mass is 19.4. The van der Waals surface area contributed by atoms with E-state index < -0.39 is 53.2 Å². The zero-order valence-corrected chi connectivity index (χ0v) is 32.8. The van der Waals surface area contributed by atoms with E-state index >= 15 is 0 Å². The third-order valence-electron chi connectivity index (χ3n) is 9.56. The van der Waals surface area contributed by atoms with Gasteiger partial charge >= 0.3 is 12.2 Å². The molecule has 1 unspecified atom stereocenters. The lowest BCUT2D eigenvalue weighted by atomic mass is 10.0. The summed E-state index contributed by atoms with van der Waals surface area (Å²) in [6, 6.07) is 2.08. The first kappa shape index (κ1) is 44.6. The van der Waals surface area contributed by atoms with Gasteiger partial charge in [-0.1, -0.05) is 6.07 Å². The number of halogens is 5. The number of carbonyl (C=O) groups excluding carboxylic acids is 4. The molecule has 2 aliphatic heterocycles. The van der Waals surface area contributed by atoms with Gasteiger partial charge in [-0.15, -0.1) is 0 Å². The lowest BCUT2D eigenvalue weighted by Gasteiger charge is -2.29. The number of rotatable bonds is 21. The number of furan rings is 1. The molecule has 5 amide bonds. The normalized spacial score (nSPS) is 15.8. The third kappa shape index (κ3) is 11.7. The summed E-state index contributed by atoms with van der Waals surface area (Å²) in [4.78, 5) is 58.8. The molecular weight excluding hydrogens is 819 g/mol. The number of hydrogen-bond acceptors (Lipinski definition) is 13. The number of piperidine rings is 1. The molecule has 2 aromatic heterocycles. The number of aromatic nitrogens is 2. The number of ether oxygens (including phenoxy) is 4. The van der Waals surface area contributed by atoms with Crippen LogP contribution in [-0.2, 0) is 35.1 Å². The Balaban J connectivity index is 0.772. The quantitative estimate of drug-likeness (QED) is 0.0442. The first-order chi connectivity index (χ1) is 29.3. The maximum Gasteiger partial charge on any atom is 0.416 e. The fraction of sp³-hybridized carbons (Fsp3) is 0.436. The van der Waals surface area contributed by atoms with E-state index in [1.54, 1.807) is 17.4 Å². The first-order valence-electron chi connectivity index (χ1n) is 19.2. The van der Waals surface area contributed by atoms with Crippen molar-refractivity contribution in [2.75, 3.05) is 81.9 Å². The monoisotopic (exact) mass is 862 g/mol. The number of hydrogen-bond donors (Lipinski definition) is 5. The summed E-state index contributed by atoms with van der Waals surface area (Å²) in [5.74, 6) is -3.82. The minimum Gasteiger partial charge on any atom is -0.455 e. The molecule has 328 valence electrons. The summed E-state index contributed by atoms with van der Waals surface area (Å²) in [7, 11) is 0. The Labute approximate surface area is 345 Å². The molecule has 4 aromatic rings. The number of anilines is 3. The molecule has 0 radical (unpaired) electrons. The number of imide groups is 1. The summed E-state index contributed by atoms with van der Waals surface area (Å²) < 4.78 is 96.9. The van der Waals surface area contributed by atoms with Gasteiger partial charge in [0, 0.05) is 59.9 Å². The van der Waals surface area contributed by atoms with Gasteiger partial charge in [-0.25, -0.2) is 23.5 Å². The van der Waals surface area contributed by atoms with Crippen molar-refractivity contribution in [1.29, 1.82) is 0 Å². The van der Waals surface area contributed by atoms with Gasteiger partial charge in [0.05, 0.1) is 70.9 Å². The number of nitrogens with one attached hydrogen (secondary N) is 5. The fourth-order valence-corrected chi connectivity index (χ4v) is 6.62. The van der Waals surface area contributed by atoms with Crippen molar-refractivity contribution in [2.45, 2.75) is 44.6 Å². The predicted octanol–water partition coefficient (Wildman–Crippen LogP) is 4.59. The number of benzene rings is 2. The molecule has 0 spiro atoms. The molecule has 61 heavy (non-hydrogen) atoms. The average Bonchev–Trinajstić information content (AvgIpc) is 3.73. The van der Waals surface area contributed by atoms with Crippen molar-refractivity contribution in [1.82, 2.24) is 25.5 Å². The Morgan fingerprint density at radius 2 is 1.57 bits per heavy atom. The van der Waals surface area contributed by atoms with Gasteiger partial charge in [-0.2, -0.15) is 13.2 Å². The van der Waals surface area contributed by atoms with Crippen molar-refractivity contribution >= 4 is 52.0 Å². The Morgan fingerprint density at radius 1 is 0.934 bits per heavy atom. The second-order valence-corrected chi connectivity index (χ2v) is 13.8. The van der Waals surface area contributed by atoms with E-state index in [2.05, 4.69) is 31.2 Å². The van der Waals surface area contributed by atoms with Crippen LogP contribution in [-0.4, -0.2) is 117 Å². The van der Waals surface area contributed by atoms with Crippen molar-refractivity contribution < 1.29 is 64.5 Å². The molecule has 2 aliphatic rings. The molecule has 1 fully saturated rings. The molecule has 2 atom stereocenters. The van der Waals surface area contributed by atoms with Crippen LogP contribution in [0.4, 0.5) is 44.1 Å². The van der Waals surface area contributed by atoms with Gasteiger partial charge in [-0.3, -0.25) is 19.7 Å². The number of urea groups is 1. The van der Waals surface area contributed by atoms with Gasteiger partial charge in [0.2, 0.25) is 17.8 Å². The van der Waals surface area contributed by atoms with Crippen LogP contribution in [0.2, 0.25) is 0 Å². The molecule has 2 aromatic carbocycles. The second-order valence-electron chi connectivity index (χ2n) is 13.8. The standard InChI is InChI=1S/C39H43F5N8O9/c1-22-26-17-23(40)18-28(41)33(26)61-32(22)34(39(42,43)44)51-38(56)49-24-19-47-37(48-20-24)46-8-10-58-12-14-60-16-15-59-13-11-57-9-7-45-29-4-2-3-25-27(29)21-52(36(25)55)30-5-6-31(53)50-35(30)54/h2-4,17-20,30,34,45H,5-16,21H2,1H3,(H,46,47,48)(H2,49,51,56)(H,50,53,54)/t30?,34-/m1/s1. The van der Waals surface area contributed by atoms with Crippen LogP contribution in [0, 0.1) is 18.6 Å². The molecule has 1 saturated heterocycles. The molecule has 4 heterocycles. The van der Waals surface area contributed by atoms with E-state index in [9.17, 15) is 41.1 Å². The van der Waals surface area contributed by atoms with Gasteiger partial charge in [0.1, 0.15) is 17.6 Å². The number of amides is 5. The Hall–Kier alpha value is -5.97. The van der Waals surface area contributed by atoms with E-state index in [-0.39, 0.29) is 54.0 Å². The molecule has 17 nitrogen and oxygen atoms in total. The van der Waals surface area contributed by atoms with E-state index in [1.165, 1.54) is 24.2 Å². The van der Waals surface area contributed by atoms with Crippen molar-refractivity contribution in [3.63, 3.8) is 0 Å². The number of alkyl halides is 3. The maximum absolute atomic E-state index is 14.1. The predicted molar refractivity (Wildman–Crippen MR) is 207 cm³/mol. The minimum atomic E-state index is -5.04. The molecule has 0 aliphatic carbocycles. The molecule has 0 saturated carbocycles. The SMILES string of the molecule is Cc1c([C@@H](NC(=O)Nc2cnc(NCCOCCOCCOCCOCCNc3cccc4c3CN(C3CCC(=O)NC3=O)C4=O)nc2)C(F)(F)F)oc2c(F)cc(F)cc12. The number of carbonyl (C=O) groups is 4. The van der Waals surface area contributed by atoms with E-state index in [0.29, 0.717) is 77.4 Å². The lowest BCUT2D eigenvalue weighted by Crippen LogP contribution is -2.52. The Morgan fingerprint density at radius 3 is 2.21 bits per heavy atom. The van der Waals surface area contributed by atoms with Gasteiger partial charge in [0.15, 0.2) is 17.4 Å². The Kier molecular flexibility index (Phi) is 15.0. The first-order valence-corrected chi connectivity index (χ1v) is 19.2. The van der Waals surface area contributed by atoms with E-state index in [4.69, 9.17) is 23.4 Å². The third-order valence-corrected chi connectivity index (χ3v) is 9.56. The Bertz CT molecular complexity index is 2190. The van der Waals surface area contributed by atoms with Crippen LogP contribution in [0.25, 0.3) is 11.0 Å².